The highest BCUT2D eigenvalue weighted by Gasteiger charge is 2.56. The zero-order chi connectivity index (χ0) is 12.7. The van der Waals surface area contributed by atoms with Gasteiger partial charge in [0.1, 0.15) is 0 Å². The van der Waals surface area contributed by atoms with Crippen LogP contribution in [0, 0.1) is 11.8 Å². The molecule has 0 aromatic carbocycles. The van der Waals surface area contributed by atoms with E-state index in [9.17, 15) is 9.59 Å². The molecule has 1 saturated carbocycles. The molecule has 1 saturated heterocycles. The van der Waals surface area contributed by atoms with E-state index < -0.39 is 5.97 Å². The Labute approximate surface area is 103 Å². The molecule has 2 aliphatic rings. The summed E-state index contributed by atoms with van der Waals surface area (Å²) >= 11 is 0. The van der Waals surface area contributed by atoms with Gasteiger partial charge in [-0.1, -0.05) is 5.16 Å². The monoisotopic (exact) mass is 251 g/mol. The third-order valence-corrected chi connectivity index (χ3v) is 3.59. The van der Waals surface area contributed by atoms with Crippen molar-refractivity contribution in [2.45, 2.75) is 6.04 Å². The summed E-state index contributed by atoms with van der Waals surface area (Å²) in [6, 6.07) is 1.66. The Bertz CT molecular complexity index is 461. The molecule has 1 aliphatic heterocycles. The van der Waals surface area contributed by atoms with E-state index >= 15 is 0 Å². The predicted molar refractivity (Wildman–Crippen MR) is 58.8 cm³/mol. The SMILES string of the molecule is O=C(O)CN1C[C@@H]2C(NC(=O)c3ccno3)[C@H]2C1. The molecule has 1 aromatic heterocycles. The van der Waals surface area contributed by atoms with Crippen LogP contribution in [0.1, 0.15) is 10.6 Å². The van der Waals surface area contributed by atoms with E-state index in [1.54, 1.807) is 0 Å². The maximum Gasteiger partial charge on any atom is 0.317 e. The van der Waals surface area contributed by atoms with Crippen molar-refractivity contribution in [3.05, 3.63) is 18.0 Å². The number of piperidine rings is 1. The van der Waals surface area contributed by atoms with Crippen LogP contribution in [0.25, 0.3) is 0 Å². The Balaban J connectivity index is 1.49. The zero-order valence-electron chi connectivity index (χ0n) is 9.57. The Morgan fingerprint density at radius 3 is 2.78 bits per heavy atom. The predicted octanol–water partition coefficient (Wildman–Crippen LogP) is -0.581. The molecule has 0 bridgehead atoms. The number of hydrogen-bond donors (Lipinski definition) is 2. The lowest BCUT2D eigenvalue weighted by molar-refractivity contribution is -0.138. The van der Waals surface area contributed by atoms with Gasteiger partial charge in [0.2, 0.25) is 5.76 Å². The van der Waals surface area contributed by atoms with Crippen LogP contribution in [0.4, 0.5) is 0 Å². The number of likely N-dealkylation sites (tertiary alicyclic amines) is 1. The van der Waals surface area contributed by atoms with E-state index in [1.807, 2.05) is 4.90 Å². The standard InChI is InChI=1S/C11H13N3O4/c15-9(16)5-14-3-6-7(4-14)10(6)13-11(17)8-1-2-12-18-8/h1-2,6-7,10H,3-5H2,(H,13,17)(H,15,16)/t6-,7-/m0/s1. The Kier molecular flexibility index (Phi) is 2.55. The van der Waals surface area contributed by atoms with Crippen LogP contribution in [-0.2, 0) is 4.79 Å². The number of hydrogen-bond acceptors (Lipinski definition) is 5. The van der Waals surface area contributed by atoms with Gasteiger partial charge < -0.3 is 14.9 Å². The second-order valence-corrected chi connectivity index (χ2v) is 4.79. The molecular formula is C11H13N3O4. The van der Waals surface area contributed by atoms with E-state index in [0.29, 0.717) is 11.8 Å². The van der Waals surface area contributed by atoms with Gasteiger partial charge in [-0.2, -0.15) is 0 Å². The third kappa shape index (κ3) is 1.97. The zero-order valence-corrected chi connectivity index (χ0v) is 9.57. The molecule has 0 radical (unpaired) electrons. The van der Waals surface area contributed by atoms with Crippen molar-refractivity contribution in [2.75, 3.05) is 19.6 Å². The molecular weight excluding hydrogens is 238 g/mol. The minimum absolute atomic E-state index is 0.0791. The third-order valence-electron chi connectivity index (χ3n) is 3.59. The van der Waals surface area contributed by atoms with Crippen LogP contribution >= 0.6 is 0 Å². The summed E-state index contributed by atoms with van der Waals surface area (Å²) < 4.78 is 4.77. The number of nitrogens with one attached hydrogen (secondary N) is 1. The topological polar surface area (TPSA) is 95.7 Å². The molecule has 1 aromatic rings. The van der Waals surface area contributed by atoms with E-state index in [1.165, 1.54) is 12.3 Å². The average molecular weight is 251 g/mol. The van der Waals surface area contributed by atoms with Gasteiger partial charge in [-0.3, -0.25) is 14.5 Å². The fraction of sp³-hybridized carbons (Fsp3) is 0.545. The van der Waals surface area contributed by atoms with Gasteiger partial charge in [0, 0.05) is 25.2 Å². The molecule has 3 rings (SSSR count). The smallest absolute Gasteiger partial charge is 0.317 e. The molecule has 2 N–H and O–H groups in total. The summed E-state index contributed by atoms with van der Waals surface area (Å²) in [5.41, 5.74) is 0. The van der Waals surface area contributed by atoms with Crippen LogP contribution < -0.4 is 5.32 Å². The minimum Gasteiger partial charge on any atom is -0.480 e. The number of carboxylic acids is 1. The summed E-state index contributed by atoms with van der Waals surface area (Å²) in [6.07, 6.45) is 1.43. The van der Waals surface area contributed by atoms with Crippen LogP contribution in [0.15, 0.2) is 16.8 Å². The van der Waals surface area contributed by atoms with Crippen molar-refractivity contribution < 1.29 is 19.2 Å². The lowest BCUT2D eigenvalue weighted by atomic mass is 10.3. The lowest BCUT2D eigenvalue weighted by Crippen LogP contribution is -2.36. The second kappa shape index (κ2) is 4.09. The van der Waals surface area contributed by atoms with Gasteiger partial charge in [-0.15, -0.1) is 0 Å². The average Bonchev–Trinajstić information content (AvgIpc) is 2.79. The summed E-state index contributed by atoms with van der Waals surface area (Å²) in [5, 5.41) is 15.0. The van der Waals surface area contributed by atoms with Crippen molar-refractivity contribution in [1.29, 1.82) is 0 Å². The molecule has 7 nitrogen and oxygen atoms in total. The number of amides is 1. The largest absolute Gasteiger partial charge is 0.480 e. The lowest BCUT2D eigenvalue weighted by Gasteiger charge is -2.16. The minimum atomic E-state index is -0.807. The van der Waals surface area contributed by atoms with Gasteiger partial charge >= 0.3 is 5.97 Å². The maximum atomic E-state index is 11.7. The molecule has 18 heavy (non-hydrogen) atoms. The molecule has 2 heterocycles. The normalized spacial score (nSPS) is 29.9. The quantitative estimate of drug-likeness (QED) is 0.743. The number of aliphatic carboxylic acids is 1. The summed E-state index contributed by atoms with van der Waals surface area (Å²) in [4.78, 5) is 24.2. The van der Waals surface area contributed by atoms with Gasteiger partial charge in [0.15, 0.2) is 0 Å². The van der Waals surface area contributed by atoms with Crippen LogP contribution in [0.2, 0.25) is 0 Å². The van der Waals surface area contributed by atoms with Gasteiger partial charge in [0.25, 0.3) is 5.91 Å². The summed E-state index contributed by atoms with van der Waals surface area (Å²) in [6.45, 7) is 1.55. The number of carboxylic acid groups (broad SMARTS) is 1. The highest BCUT2D eigenvalue weighted by atomic mass is 16.5. The second-order valence-electron chi connectivity index (χ2n) is 4.79. The Morgan fingerprint density at radius 1 is 1.50 bits per heavy atom. The number of aromatic nitrogens is 1. The highest BCUT2D eigenvalue weighted by molar-refractivity contribution is 5.91. The Morgan fingerprint density at radius 2 is 2.22 bits per heavy atom. The number of nitrogens with zero attached hydrogens (tertiary/aromatic N) is 2. The number of carbonyl (C=O) groups excluding carboxylic acids is 1. The molecule has 1 aliphatic carbocycles. The van der Waals surface area contributed by atoms with Gasteiger partial charge in [0.05, 0.1) is 12.7 Å². The first kappa shape index (κ1) is 11.2. The van der Waals surface area contributed by atoms with Gasteiger partial charge in [-0.05, 0) is 11.8 Å². The number of rotatable bonds is 4. The van der Waals surface area contributed by atoms with Crippen molar-refractivity contribution in [3.63, 3.8) is 0 Å². The number of fused-ring (bicyclic) bond motifs is 1. The summed E-state index contributed by atoms with van der Waals surface area (Å²) in [5.74, 6) is -0.106. The highest BCUT2D eigenvalue weighted by Crippen LogP contribution is 2.45. The van der Waals surface area contributed by atoms with Crippen LogP contribution in [0.3, 0.4) is 0 Å². The first-order valence-electron chi connectivity index (χ1n) is 5.81. The first-order valence-corrected chi connectivity index (χ1v) is 5.81. The Hall–Kier alpha value is -1.89. The molecule has 1 amide bonds. The van der Waals surface area contributed by atoms with Crippen molar-refractivity contribution in [3.8, 4) is 0 Å². The maximum absolute atomic E-state index is 11.7. The van der Waals surface area contributed by atoms with Gasteiger partial charge in [-0.25, -0.2) is 0 Å². The van der Waals surface area contributed by atoms with Crippen molar-refractivity contribution >= 4 is 11.9 Å². The molecule has 96 valence electrons. The molecule has 0 spiro atoms. The van der Waals surface area contributed by atoms with Crippen LogP contribution in [0.5, 0.6) is 0 Å². The molecule has 0 unspecified atom stereocenters. The van der Waals surface area contributed by atoms with Crippen LogP contribution in [-0.4, -0.2) is 52.7 Å². The molecule has 2 fully saturated rings. The van der Waals surface area contributed by atoms with Crippen molar-refractivity contribution in [1.82, 2.24) is 15.4 Å². The summed E-state index contributed by atoms with van der Waals surface area (Å²) in [7, 11) is 0. The first-order chi connectivity index (χ1) is 8.65. The van der Waals surface area contributed by atoms with E-state index in [0.717, 1.165) is 13.1 Å². The molecule has 7 heteroatoms. The van der Waals surface area contributed by atoms with Crippen molar-refractivity contribution in [2.24, 2.45) is 11.8 Å². The van der Waals surface area contributed by atoms with E-state index in [-0.39, 0.29) is 24.3 Å². The fourth-order valence-electron chi connectivity index (χ4n) is 2.70. The van der Waals surface area contributed by atoms with E-state index in [4.69, 9.17) is 9.63 Å². The molecule has 2 atom stereocenters. The fourth-order valence-corrected chi connectivity index (χ4v) is 2.70. The van der Waals surface area contributed by atoms with E-state index in [2.05, 4.69) is 10.5 Å². The number of carbonyl (C=O) groups is 2.